The van der Waals surface area contributed by atoms with E-state index in [2.05, 4.69) is 0 Å². The summed E-state index contributed by atoms with van der Waals surface area (Å²) in [6.45, 7) is 4.71. The first kappa shape index (κ1) is 23.3. The zero-order valence-electron chi connectivity index (χ0n) is 18.3. The van der Waals surface area contributed by atoms with Crippen molar-refractivity contribution in [1.29, 1.82) is 0 Å². The Hall–Kier alpha value is -4.34. The second-order valence-electron chi connectivity index (χ2n) is 7.04. The Morgan fingerprint density at radius 1 is 0.697 bits per heavy atom. The van der Waals surface area contributed by atoms with Crippen LogP contribution in [0.5, 0.6) is 17.2 Å². The van der Waals surface area contributed by atoms with Crippen molar-refractivity contribution in [3.63, 3.8) is 0 Å². The van der Waals surface area contributed by atoms with Gasteiger partial charge in [-0.15, -0.1) is 0 Å². The molecule has 1 aliphatic carbocycles. The summed E-state index contributed by atoms with van der Waals surface area (Å²) in [5.41, 5.74) is -1.17. The maximum Gasteiger partial charge on any atom is 0.341 e. The number of rotatable bonds is 4. The molecule has 0 aliphatic heterocycles. The highest BCUT2D eigenvalue weighted by atomic mass is 16.5. The van der Waals surface area contributed by atoms with Crippen molar-refractivity contribution in [2.24, 2.45) is 0 Å². The van der Waals surface area contributed by atoms with Crippen LogP contribution in [0.15, 0.2) is 18.2 Å². The molecule has 0 heterocycles. The molecule has 0 bridgehead atoms. The normalized spacial score (nSPS) is 11.8. The molecule has 10 nitrogen and oxygen atoms in total. The van der Waals surface area contributed by atoms with E-state index >= 15 is 0 Å². The van der Waals surface area contributed by atoms with E-state index < -0.39 is 35.4 Å². The first-order valence-corrected chi connectivity index (χ1v) is 9.55. The predicted octanol–water partition coefficient (Wildman–Crippen LogP) is 2.33. The number of carbonyl (C=O) groups is 6. The van der Waals surface area contributed by atoms with Crippen LogP contribution in [0.3, 0.4) is 0 Å². The van der Waals surface area contributed by atoms with Gasteiger partial charge in [0.2, 0.25) is 0 Å². The van der Waals surface area contributed by atoms with Gasteiger partial charge >= 0.3 is 23.9 Å². The Labute approximate surface area is 187 Å². The smallest absolute Gasteiger partial charge is 0.341 e. The number of ether oxygens (including phenoxy) is 4. The first-order valence-electron chi connectivity index (χ1n) is 9.55. The summed E-state index contributed by atoms with van der Waals surface area (Å²) < 4.78 is 20.1. The summed E-state index contributed by atoms with van der Waals surface area (Å²) in [4.78, 5) is 74.2. The number of carbonyl (C=O) groups excluding carboxylic acids is 6. The molecule has 170 valence electrons. The van der Waals surface area contributed by atoms with Gasteiger partial charge in [0, 0.05) is 31.9 Å². The van der Waals surface area contributed by atoms with Crippen LogP contribution in [-0.4, -0.2) is 42.6 Å². The Morgan fingerprint density at radius 2 is 1.15 bits per heavy atom. The average molecular weight is 454 g/mol. The number of esters is 4. The van der Waals surface area contributed by atoms with Gasteiger partial charge in [-0.2, -0.15) is 0 Å². The van der Waals surface area contributed by atoms with Crippen molar-refractivity contribution >= 4 is 35.4 Å². The zero-order chi connectivity index (χ0) is 24.6. The quantitative estimate of drug-likeness (QED) is 0.426. The molecule has 1 aliphatic rings. The van der Waals surface area contributed by atoms with Gasteiger partial charge in [-0.25, -0.2) is 4.79 Å². The van der Waals surface area contributed by atoms with Crippen molar-refractivity contribution in [3.05, 3.63) is 51.6 Å². The van der Waals surface area contributed by atoms with Gasteiger partial charge in [0.15, 0.2) is 11.6 Å². The van der Waals surface area contributed by atoms with Crippen molar-refractivity contribution in [2.75, 3.05) is 7.11 Å². The molecule has 0 fully saturated rings. The lowest BCUT2D eigenvalue weighted by Gasteiger charge is -2.24. The van der Waals surface area contributed by atoms with E-state index in [1.807, 2.05) is 0 Å². The molecule has 0 saturated heterocycles. The number of methoxy groups -OCH3 is 1. The zero-order valence-corrected chi connectivity index (χ0v) is 18.3. The number of benzene rings is 2. The Balaban J connectivity index is 2.39. The van der Waals surface area contributed by atoms with E-state index in [1.165, 1.54) is 19.1 Å². The summed E-state index contributed by atoms with van der Waals surface area (Å²) in [7, 11) is 1.10. The molecule has 0 spiro atoms. The summed E-state index contributed by atoms with van der Waals surface area (Å²) in [6, 6.07) is 3.52. The maximum absolute atomic E-state index is 13.6. The molecule has 2 aromatic carbocycles. The molecule has 0 N–H and O–H groups in total. The molecule has 0 aromatic heterocycles. The van der Waals surface area contributed by atoms with Gasteiger partial charge in [0.25, 0.3) is 0 Å². The van der Waals surface area contributed by atoms with E-state index in [1.54, 1.807) is 0 Å². The molecule has 0 atom stereocenters. The third kappa shape index (κ3) is 4.10. The number of fused-ring (bicyclic) bond motifs is 2. The fourth-order valence-electron chi connectivity index (χ4n) is 3.60. The van der Waals surface area contributed by atoms with Crippen LogP contribution >= 0.6 is 0 Å². The highest BCUT2D eigenvalue weighted by Gasteiger charge is 2.39. The second-order valence-corrected chi connectivity index (χ2v) is 7.04. The lowest BCUT2D eigenvalue weighted by Crippen LogP contribution is -2.26. The number of ketones is 2. The van der Waals surface area contributed by atoms with Crippen LogP contribution in [0.25, 0.3) is 0 Å². The SMILES string of the molecule is COC(=O)c1c(OC(C)=O)cc2c(c1C)C(=O)c1c(OC(C)=O)ccc(OC(C)=O)c1C2=O. The minimum Gasteiger partial charge on any atom is -0.465 e. The summed E-state index contributed by atoms with van der Waals surface area (Å²) in [5, 5.41) is 0. The Morgan fingerprint density at radius 3 is 1.61 bits per heavy atom. The molecule has 0 amide bonds. The van der Waals surface area contributed by atoms with E-state index in [0.29, 0.717) is 0 Å². The van der Waals surface area contributed by atoms with Crippen LogP contribution in [0.2, 0.25) is 0 Å². The molecule has 2 aromatic rings. The molecule has 0 saturated carbocycles. The van der Waals surface area contributed by atoms with Crippen LogP contribution in [-0.2, 0) is 19.1 Å². The van der Waals surface area contributed by atoms with Gasteiger partial charge in [-0.05, 0) is 30.7 Å². The topological polar surface area (TPSA) is 139 Å². The van der Waals surface area contributed by atoms with Crippen molar-refractivity contribution < 1.29 is 47.7 Å². The minimum atomic E-state index is -0.897. The Kier molecular flexibility index (Phi) is 6.12. The molecular formula is C23H18O10. The standard InChI is InChI=1S/C23H18O10/c1-9-17-13(8-16(33-12(4)26)18(9)23(29)30-5)21(27)19-14(31-10(2)24)6-7-15(32-11(3)25)20(19)22(17)28/h6-8H,1-5H3. The third-order valence-corrected chi connectivity index (χ3v) is 4.75. The fourth-order valence-corrected chi connectivity index (χ4v) is 3.60. The summed E-state index contributed by atoms with van der Waals surface area (Å²) >= 11 is 0. The van der Waals surface area contributed by atoms with Crippen LogP contribution in [0, 0.1) is 6.92 Å². The molecule has 3 rings (SSSR count). The van der Waals surface area contributed by atoms with Crippen LogP contribution in [0.4, 0.5) is 0 Å². The van der Waals surface area contributed by atoms with Crippen LogP contribution in [0.1, 0.15) is 68.5 Å². The lowest BCUT2D eigenvalue weighted by molar-refractivity contribution is -0.133. The Bertz CT molecular complexity index is 1270. The number of hydrogen-bond donors (Lipinski definition) is 0. The van der Waals surface area contributed by atoms with Crippen molar-refractivity contribution in [2.45, 2.75) is 27.7 Å². The van der Waals surface area contributed by atoms with Crippen molar-refractivity contribution in [1.82, 2.24) is 0 Å². The summed E-state index contributed by atoms with van der Waals surface area (Å²) in [5.74, 6) is -5.41. The predicted molar refractivity (Wildman–Crippen MR) is 110 cm³/mol. The van der Waals surface area contributed by atoms with Gasteiger partial charge < -0.3 is 18.9 Å². The van der Waals surface area contributed by atoms with Gasteiger partial charge in [0.1, 0.15) is 22.8 Å². The van der Waals surface area contributed by atoms with E-state index in [0.717, 1.165) is 33.9 Å². The number of hydrogen-bond acceptors (Lipinski definition) is 10. The second kappa shape index (κ2) is 8.65. The third-order valence-electron chi connectivity index (χ3n) is 4.75. The van der Waals surface area contributed by atoms with Crippen molar-refractivity contribution in [3.8, 4) is 17.2 Å². The highest BCUT2D eigenvalue weighted by molar-refractivity contribution is 6.31. The minimum absolute atomic E-state index is 0.0197. The van der Waals surface area contributed by atoms with E-state index in [-0.39, 0.29) is 50.6 Å². The average Bonchev–Trinajstić information content (AvgIpc) is 2.71. The van der Waals surface area contributed by atoms with E-state index in [4.69, 9.17) is 18.9 Å². The van der Waals surface area contributed by atoms with Gasteiger partial charge in [-0.1, -0.05) is 0 Å². The van der Waals surface area contributed by atoms with Gasteiger partial charge in [0.05, 0.1) is 18.2 Å². The first-order chi connectivity index (χ1) is 15.5. The van der Waals surface area contributed by atoms with Gasteiger partial charge in [-0.3, -0.25) is 24.0 Å². The molecule has 10 heteroatoms. The van der Waals surface area contributed by atoms with Crippen LogP contribution < -0.4 is 14.2 Å². The lowest BCUT2D eigenvalue weighted by atomic mass is 9.79. The largest absolute Gasteiger partial charge is 0.465 e. The molecule has 0 radical (unpaired) electrons. The molecular weight excluding hydrogens is 436 g/mol. The monoisotopic (exact) mass is 454 g/mol. The highest BCUT2D eigenvalue weighted by Crippen LogP contribution is 2.42. The van der Waals surface area contributed by atoms with E-state index in [9.17, 15) is 28.8 Å². The molecule has 0 unspecified atom stereocenters. The molecule has 33 heavy (non-hydrogen) atoms. The fraction of sp³-hybridized carbons (Fsp3) is 0.217. The summed E-state index contributed by atoms with van der Waals surface area (Å²) in [6.07, 6.45) is 0. The maximum atomic E-state index is 13.6.